The summed E-state index contributed by atoms with van der Waals surface area (Å²) in [4.78, 5) is 9.19. The fraction of sp³-hybridized carbons (Fsp3) is 0.172. The van der Waals surface area contributed by atoms with Crippen LogP contribution in [0, 0.1) is 6.92 Å². The van der Waals surface area contributed by atoms with Crippen LogP contribution in [0.1, 0.15) is 22.3 Å². The molecule has 3 N–H and O–H groups in total. The third kappa shape index (κ3) is 4.80. The van der Waals surface area contributed by atoms with Crippen LogP contribution in [0.5, 0.6) is 0 Å². The Morgan fingerprint density at radius 2 is 1.48 bits per heavy atom. The smallest absolute Gasteiger partial charge is 0.150 e. The predicted molar refractivity (Wildman–Crippen MR) is 139 cm³/mol. The maximum absolute atomic E-state index is 6.19. The first-order valence-corrected chi connectivity index (χ1v) is 11.5. The Kier molecular flexibility index (Phi) is 5.90. The van der Waals surface area contributed by atoms with Gasteiger partial charge in [0.05, 0.1) is 5.52 Å². The summed E-state index contributed by atoms with van der Waals surface area (Å²) >= 11 is 0. The number of fused-ring (bicyclic) bond motifs is 3. The summed E-state index contributed by atoms with van der Waals surface area (Å²) in [6.07, 6.45) is 4.86. The van der Waals surface area contributed by atoms with Gasteiger partial charge in [-0.3, -0.25) is 4.98 Å². The van der Waals surface area contributed by atoms with Crippen molar-refractivity contribution in [2.24, 2.45) is 0 Å². The van der Waals surface area contributed by atoms with E-state index in [0.29, 0.717) is 5.82 Å². The van der Waals surface area contributed by atoms with E-state index in [1.165, 1.54) is 27.9 Å². The maximum Gasteiger partial charge on any atom is 0.150 e. The number of aryl methyl sites for hydroxylation is 3. The number of aromatic nitrogens is 2. The Labute approximate surface area is 194 Å². The van der Waals surface area contributed by atoms with Crippen molar-refractivity contribution in [1.82, 2.24) is 9.97 Å². The fourth-order valence-electron chi connectivity index (χ4n) is 4.27. The van der Waals surface area contributed by atoms with Gasteiger partial charge in [-0.25, -0.2) is 4.98 Å². The first-order chi connectivity index (χ1) is 16.2. The van der Waals surface area contributed by atoms with Gasteiger partial charge < -0.3 is 11.1 Å². The zero-order valence-corrected chi connectivity index (χ0v) is 18.9. The molecule has 5 aromatic rings. The molecule has 5 rings (SSSR count). The minimum Gasteiger partial charge on any atom is -0.385 e. The number of nitrogens with two attached hydrogens (primary N) is 1. The molecule has 4 heteroatoms. The summed E-state index contributed by atoms with van der Waals surface area (Å²) < 4.78 is 0. The average Bonchev–Trinajstić information content (AvgIpc) is 2.84. The Hall–Kier alpha value is -3.92. The van der Waals surface area contributed by atoms with Crippen LogP contribution in [0.25, 0.3) is 21.8 Å². The van der Waals surface area contributed by atoms with Gasteiger partial charge in [-0.1, -0.05) is 54.6 Å². The first kappa shape index (κ1) is 21.0. The van der Waals surface area contributed by atoms with E-state index in [2.05, 4.69) is 95.0 Å². The van der Waals surface area contributed by atoms with Gasteiger partial charge in [-0.05, 0) is 72.7 Å². The van der Waals surface area contributed by atoms with Gasteiger partial charge >= 0.3 is 0 Å². The molecule has 0 amide bonds. The molecular formula is C29H28N4. The molecule has 33 heavy (non-hydrogen) atoms. The minimum absolute atomic E-state index is 0.493. The maximum atomic E-state index is 6.19. The number of hydrogen-bond donors (Lipinski definition) is 2. The second-order valence-electron chi connectivity index (χ2n) is 8.62. The van der Waals surface area contributed by atoms with Crippen molar-refractivity contribution in [2.75, 3.05) is 17.6 Å². The molecule has 164 valence electrons. The molecule has 0 bridgehead atoms. The van der Waals surface area contributed by atoms with Gasteiger partial charge in [0, 0.05) is 29.2 Å². The van der Waals surface area contributed by atoms with Gasteiger partial charge in [-0.15, -0.1) is 0 Å². The summed E-state index contributed by atoms with van der Waals surface area (Å²) in [6.45, 7) is 3.00. The van der Waals surface area contributed by atoms with Crippen molar-refractivity contribution >= 4 is 33.3 Å². The number of para-hydroxylation sites is 1. The fourth-order valence-corrected chi connectivity index (χ4v) is 4.27. The number of nitrogens with zero attached hydrogens (tertiary/aromatic N) is 2. The molecule has 2 aromatic heterocycles. The molecule has 0 spiro atoms. The second kappa shape index (κ2) is 9.29. The van der Waals surface area contributed by atoms with Crippen molar-refractivity contribution in [1.29, 1.82) is 0 Å². The molecule has 0 saturated heterocycles. The molecule has 0 atom stereocenters. The van der Waals surface area contributed by atoms with Crippen molar-refractivity contribution in [3.63, 3.8) is 0 Å². The Bertz CT molecular complexity index is 1390. The summed E-state index contributed by atoms with van der Waals surface area (Å²) in [5.74, 6) is 0.493. The molecule has 0 saturated carbocycles. The minimum atomic E-state index is 0.493. The highest BCUT2D eigenvalue weighted by atomic mass is 14.9. The number of anilines is 2. The topological polar surface area (TPSA) is 63.8 Å². The second-order valence-corrected chi connectivity index (χ2v) is 8.62. The zero-order valence-electron chi connectivity index (χ0n) is 18.9. The third-order valence-electron chi connectivity index (χ3n) is 6.11. The number of pyridine rings is 2. The van der Waals surface area contributed by atoms with Crippen molar-refractivity contribution in [2.45, 2.75) is 26.2 Å². The quantitative estimate of drug-likeness (QED) is 0.304. The molecule has 0 unspecified atom stereocenters. The molecular weight excluding hydrogens is 404 g/mol. The lowest BCUT2D eigenvalue weighted by Crippen LogP contribution is -2.04. The number of rotatable bonds is 7. The van der Waals surface area contributed by atoms with E-state index >= 15 is 0 Å². The first-order valence-electron chi connectivity index (χ1n) is 11.5. The van der Waals surface area contributed by atoms with Gasteiger partial charge in [0.25, 0.3) is 0 Å². The molecule has 0 fully saturated rings. The highest BCUT2D eigenvalue weighted by molar-refractivity contribution is 6.08. The third-order valence-corrected chi connectivity index (χ3v) is 6.11. The molecule has 0 aliphatic rings. The van der Waals surface area contributed by atoms with Crippen LogP contribution in [0.3, 0.4) is 0 Å². The van der Waals surface area contributed by atoms with E-state index in [-0.39, 0.29) is 0 Å². The van der Waals surface area contributed by atoms with Gasteiger partial charge in [0.2, 0.25) is 0 Å². The zero-order chi connectivity index (χ0) is 22.6. The average molecular weight is 433 g/mol. The number of nitrogen functional groups attached to an aromatic ring is 1. The van der Waals surface area contributed by atoms with Crippen LogP contribution >= 0.6 is 0 Å². The molecule has 0 radical (unpaired) electrons. The lowest BCUT2D eigenvalue weighted by atomic mass is 10.0. The highest BCUT2D eigenvalue weighted by Gasteiger charge is 2.09. The molecule has 0 aliphatic carbocycles. The summed E-state index contributed by atoms with van der Waals surface area (Å²) in [6, 6.07) is 27.8. The molecule has 3 aromatic carbocycles. The van der Waals surface area contributed by atoms with E-state index in [4.69, 9.17) is 5.73 Å². The summed E-state index contributed by atoms with van der Waals surface area (Å²) in [5.41, 5.74) is 14.1. The summed E-state index contributed by atoms with van der Waals surface area (Å²) in [7, 11) is 0. The van der Waals surface area contributed by atoms with E-state index < -0.39 is 0 Å². The van der Waals surface area contributed by atoms with Gasteiger partial charge in [0.15, 0.2) is 5.82 Å². The van der Waals surface area contributed by atoms with E-state index in [0.717, 1.165) is 47.6 Å². The van der Waals surface area contributed by atoms with Crippen LogP contribution in [0.2, 0.25) is 0 Å². The van der Waals surface area contributed by atoms with Crippen LogP contribution in [-0.4, -0.2) is 16.5 Å². The van der Waals surface area contributed by atoms with Crippen molar-refractivity contribution in [3.8, 4) is 0 Å². The standard InChI is InChI=1S/C29H28N4/c1-20-7-14-25-26-18-23(19-32-28(26)29(30)33-27(25)17-20)13-12-21-8-10-22(11-9-21)15-16-31-24-5-3-2-4-6-24/h2-11,14,17-19,31H,12-13,15-16H2,1H3,(H2,30,33). The monoisotopic (exact) mass is 432 g/mol. The molecule has 0 aliphatic heterocycles. The van der Waals surface area contributed by atoms with E-state index in [9.17, 15) is 0 Å². The van der Waals surface area contributed by atoms with Crippen LogP contribution in [0.15, 0.2) is 85.1 Å². The summed E-state index contributed by atoms with van der Waals surface area (Å²) in [5, 5.41) is 5.65. The number of nitrogens with one attached hydrogen (secondary N) is 1. The Balaban J connectivity index is 1.25. The largest absolute Gasteiger partial charge is 0.385 e. The highest BCUT2D eigenvalue weighted by Crippen LogP contribution is 2.28. The van der Waals surface area contributed by atoms with E-state index in [1.807, 2.05) is 12.3 Å². The van der Waals surface area contributed by atoms with Crippen molar-refractivity contribution in [3.05, 3.63) is 107 Å². The number of benzene rings is 3. The van der Waals surface area contributed by atoms with E-state index in [1.54, 1.807) is 0 Å². The Morgan fingerprint density at radius 3 is 2.27 bits per heavy atom. The lowest BCUT2D eigenvalue weighted by molar-refractivity contribution is 0.949. The molecule has 2 heterocycles. The number of hydrogen-bond acceptors (Lipinski definition) is 4. The van der Waals surface area contributed by atoms with Gasteiger partial charge in [0.1, 0.15) is 5.52 Å². The van der Waals surface area contributed by atoms with Crippen LogP contribution < -0.4 is 11.1 Å². The van der Waals surface area contributed by atoms with Gasteiger partial charge in [-0.2, -0.15) is 0 Å². The normalized spacial score (nSPS) is 11.2. The predicted octanol–water partition coefficient (Wildman–Crippen LogP) is 6.11. The SMILES string of the molecule is Cc1ccc2c(c1)nc(N)c1ncc(CCc3ccc(CCNc4ccccc4)cc3)cc12. The molecule has 4 nitrogen and oxygen atoms in total. The Morgan fingerprint density at radius 1 is 0.758 bits per heavy atom. The van der Waals surface area contributed by atoms with Crippen LogP contribution in [0.4, 0.5) is 11.5 Å². The van der Waals surface area contributed by atoms with Crippen LogP contribution in [-0.2, 0) is 19.3 Å². The van der Waals surface area contributed by atoms with Crippen molar-refractivity contribution < 1.29 is 0 Å². The lowest BCUT2D eigenvalue weighted by Gasteiger charge is -2.09.